The molecular formula is C27H30O5. The smallest absolute Gasteiger partial charge is 0.339 e. The molecule has 5 nitrogen and oxygen atoms in total. The first-order valence-electron chi connectivity index (χ1n) is 10.8. The summed E-state index contributed by atoms with van der Waals surface area (Å²) in [6, 6.07) is 22.3. The Balaban J connectivity index is 1.75. The van der Waals surface area contributed by atoms with Gasteiger partial charge in [0.2, 0.25) is 0 Å². The fourth-order valence-corrected chi connectivity index (χ4v) is 4.02. The molecule has 5 heteroatoms. The van der Waals surface area contributed by atoms with E-state index in [0.29, 0.717) is 19.1 Å². The summed E-state index contributed by atoms with van der Waals surface area (Å²) in [7, 11) is 0. The van der Waals surface area contributed by atoms with Crippen molar-refractivity contribution in [1.29, 1.82) is 0 Å². The van der Waals surface area contributed by atoms with Crippen LogP contribution in [0, 0.1) is 5.92 Å². The highest BCUT2D eigenvalue weighted by molar-refractivity contribution is 5.91. The quantitative estimate of drug-likeness (QED) is 0.389. The van der Waals surface area contributed by atoms with E-state index in [2.05, 4.69) is 20.8 Å². The molecule has 0 aromatic heterocycles. The summed E-state index contributed by atoms with van der Waals surface area (Å²) in [5.41, 5.74) is 1.41. The molecule has 1 atom stereocenters. The van der Waals surface area contributed by atoms with Gasteiger partial charge in [-0.2, -0.15) is 0 Å². The topological polar surface area (TPSA) is 76.0 Å². The lowest BCUT2D eigenvalue weighted by molar-refractivity contribution is 0.0693. The van der Waals surface area contributed by atoms with E-state index in [-0.39, 0.29) is 11.3 Å². The number of hydrogen-bond acceptors (Lipinski definition) is 4. The van der Waals surface area contributed by atoms with Gasteiger partial charge in [0.15, 0.2) is 0 Å². The van der Waals surface area contributed by atoms with E-state index in [4.69, 9.17) is 9.47 Å². The summed E-state index contributed by atoms with van der Waals surface area (Å²) in [4.78, 5) is 11.5. The second-order valence-corrected chi connectivity index (χ2v) is 8.50. The Kier molecular flexibility index (Phi) is 7.41. The lowest BCUT2D eigenvalue weighted by Gasteiger charge is -2.33. The maximum absolute atomic E-state index is 11.5. The summed E-state index contributed by atoms with van der Waals surface area (Å²) >= 11 is 0. The molecule has 0 aliphatic heterocycles. The van der Waals surface area contributed by atoms with Crippen LogP contribution in [0.5, 0.6) is 17.2 Å². The molecule has 0 saturated heterocycles. The van der Waals surface area contributed by atoms with E-state index in [9.17, 15) is 15.0 Å². The lowest BCUT2D eigenvalue weighted by atomic mass is 9.71. The van der Waals surface area contributed by atoms with Crippen molar-refractivity contribution in [3.63, 3.8) is 0 Å². The first-order valence-corrected chi connectivity index (χ1v) is 10.8. The van der Waals surface area contributed by atoms with Gasteiger partial charge in [-0.15, -0.1) is 0 Å². The van der Waals surface area contributed by atoms with E-state index in [0.717, 1.165) is 29.0 Å². The highest BCUT2D eigenvalue weighted by Gasteiger charge is 2.31. The van der Waals surface area contributed by atoms with Crippen LogP contribution in [0.1, 0.15) is 48.7 Å². The third kappa shape index (κ3) is 5.61. The predicted molar refractivity (Wildman–Crippen MR) is 125 cm³/mol. The molecule has 32 heavy (non-hydrogen) atoms. The highest BCUT2D eigenvalue weighted by atomic mass is 16.5. The summed E-state index contributed by atoms with van der Waals surface area (Å²) in [5, 5.41) is 19.4. The van der Waals surface area contributed by atoms with Crippen LogP contribution >= 0.6 is 0 Å². The zero-order chi connectivity index (χ0) is 23.1. The van der Waals surface area contributed by atoms with Gasteiger partial charge in [-0.1, -0.05) is 57.2 Å². The zero-order valence-electron chi connectivity index (χ0n) is 18.7. The van der Waals surface area contributed by atoms with Gasteiger partial charge in [0.25, 0.3) is 0 Å². The average Bonchev–Trinajstić information content (AvgIpc) is 2.77. The van der Waals surface area contributed by atoms with Gasteiger partial charge in [0, 0.05) is 5.41 Å². The molecule has 3 aromatic carbocycles. The third-order valence-corrected chi connectivity index (χ3v) is 5.54. The number of rotatable bonds is 10. The van der Waals surface area contributed by atoms with Crippen LogP contribution in [0.4, 0.5) is 0 Å². The van der Waals surface area contributed by atoms with Crippen LogP contribution in [0.25, 0.3) is 0 Å². The SMILES string of the molecule is CC(C)CC(C)(c1ccc(OCCOc2ccccc2)cc1)c1ccc(O)c(C(=O)O)c1. The number of carbonyl (C=O) groups is 1. The van der Waals surface area contributed by atoms with E-state index in [1.165, 1.54) is 6.07 Å². The monoisotopic (exact) mass is 434 g/mol. The van der Waals surface area contributed by atoms with Crippen molar-refractivity contribution >= 4 is 5.97 Å². The van der Waals surface area contributed by atoms with Crippen molar-refractivity contribution in [2.45, 2.75) is 32.6 Å². The molecule has 0 heterocycles. The van der Waals surface area contributed by atoms with Crippen LogP contribution in [-0.4, -0.2) is 29.4 Å². The minimum Gasteiger partial charge on any atom is -0.507 e. The van der Waals surface area contributed by atoms with Gasteiger partial charge in [0.05, 0.1) is 0 Å². The number of para-hydroxylation sites is 1. The molecule has 0 fully saturated rings. The van der Waals surface area contributed by atoms with Crippen LogP contribution in [-0.2, 0) is 5.41 Å². The molecule has 168 valence electrons. The van der Waals surface area contributed by atoms with Crippen molar-refractivity contribution in [1.82, 2.24) is 0 Å². The first kappa shape index (κ1) is 23.2. The maximum Gasteiger partial charge on any atom is 0.339 e. The molecular weight excluding hydrogens is 404 g/mol. The molecule has 2 N–H and O–H groups in total. The zero-order valence-corrected chi connectivity index (χ0v) is 18.7. The Morgan fingerprint density at radius 3 is 2.00 bits per heavy atom. The predicted octanol–water partition coefficient (Wildman–Crippen LogP) is 5.90. The summed E-state index contributed by atoms with van der Waals surface area (Å²) < 4.78 is 11.5. The molecule has 0 bridgehead atoms. The molecule has 0 aliphatic rings. The van der Waals surface area contributed by atoms with Crippen LogP contribution in [0.2, 0.25) is 0 Å². The van der Waals surface area contributed by atoms with Gasteiger partial charge < -0.3 is 19.7 Å². The van der Waals surface area contributed by atoms with E-state index < -0.39 is 11.4 Å². The van der Waals surface area contributed by atoms with Crippen LogP contribution in [0.15, 0.2) is 72.8 Å². The number of carboxylic acids is 1. The fourth-order valence-electron chi connectivity index (χ4n) is 4.02. The Morgan fingerprint density at radius 1 is 0.875 bits per heavy atom. The van der Waals surface area contributed by atoms with Crippen LogP contribution < -0.4 is 9.47 Å². The Morgan fingerprint density at radius 2 is 1.44 bits per heavy atom. The van der Waals surface area contributed by atoms with Gasteiger partial charge >= 0.3 is 5.97 Å². The standard InChI is InChI=1S/C27H30O5/c1-19(2)18-27(3,21-11-14-25(28)24(17-21)26(29)30)20-9-12-23(13-10-20)32-16-15-31-22-7-5-4-6-8-22/h4-14,17,19,28H,15-16,18H2,1-3H3,(H,29,30). The number of benzene rings is 3. The largest absolute Gasteiger partial charge is 0.507 e. The first-order chi connectivity index (χ1) is 15.3. The minimum atomic E-state index is -1.14. The number of phenols is 1. The van der Waals surface area contributed by atoms with Crippen molar-refractivity contribution in [2.24, 2.45) is 5.92 Å². The summed E-state index contributed by atoms with van der Waals surface area (Å²) in [6.07, 6.45) is 0.821. The van der Waals surface area contributed by atoms with E-state index >= 15 is 0 Å². The van der Waals surface area contributed by atoms with Crippen molar-refractivity contribution < 1.29 is 24.5 Å². The average molecular weight is 435 g/mol. The lowest BCUT2D eigenvalue weighted by Crippen LogP contribution is -2.26. The highest BCUT2D eigenvalue weighted by Crippen LogP contribution is 2.40. The van der Waals surface area contributed by atoms with Crippen LogP contribution in [0.3, 0.4) is 0 Å². The second-order valence-electron chi connectivity index (χ2n) is 8.50. The molecule has 0 radical (unpaired) electrons. The maximum atomic E-state index is 11.5. The Bertz CT molecular complexity index is 1030. The number of aromatic carboxylic acids is 1. The molecule has 3 aromatic rings. The molecule has 0 spiro atoms. The molecule has 0 saturated carbocycles. The Hall–Kier alpha value is -3.47. The van der Waals surface area contributed by atoms with Gasteiger partial charge in [-0.3, -0.25) is 0 Å². The number of aromatic hydroxyl groups is 1. The second kappa shape index (κ2) is 10.2. The molecule has 3 rings (SSSR count). The van der Waals surface area contributed by atoms with E-state index in [1.807, 2.05) is 54.6 Å². The fraction of sp³-hybridized carbons (Fsp3) is 0.296. The number of ether oxygens (including phenoxy) is 2. The van der Waals surface area contributed by atoms with E-state index in [1.54, 1.807) is 12.1 Å². The molecule has 0 aliphatic carbocycles. The van der Waals surface area contributed by atoms with Gasteiger partial charge in [0.1, 0.15) is 36.0 Å². The molecule has 1 unspecified atom stereocenters. The Labute approximate surface area is 189 Å². The van der Waals surface area contributed by atoms with Crippen molar-refractivity contribution in [3.05, 3.63) is 89.5 Å². The normalized spacial score (nSPS) is 12.9. The number of hydrogen-bond donors (Lipinski definition) is 2. The number of carboxylic acid groups (broad SMARTS) is 1. The van der Waals surface area contributed by atoms with Crippen molar-refractivity contribution in [3.8, 4) is 17.2 Å². The van der Waals surface area contributed by atoms with Gasteiger partial charge in [-0.05, 0) is 59.9 Å². The summed E-state index contributed by atoms with van der Waals surface area (Å²) in [6.45, 7) is 7.26. The summed E-state index contributed by atoms with van der Waals surface area (Å²) in [5.74, 6) is 0.570. The molecule has 0 amide bonds. The minimum absolute atomic E-state index is 0.0872. The van der Waals surface area contributed by atoms with Gasteiger partial charge in [-0.25, -0.2) is 4.79 Å². The van der Waals surface area contributed by atoms with Crippen molar-refractivity contribution in [2.75, 3.05) is 13.2 Å². The third-order valence-electron chi connectivity index (χ3n) is 5.54.